The largest absolute Gasteiger partial charge is 0.381 e. The molecule has 2 saturated heterocycles. The van der Waals surface area contributed by atoms with Gasteiger partial charge in [0.15, 0.2) is 0 Å². The monoisotopic (exact) mass is 240 g/mol. The fourth-order valence-electron chi connectivity index (χ4n) is 3.42. The van der Waals surface area contributed by atoms with Crippen molar-refractivity contribution in [3.05, 3.63) is 0 Å². The maximum Gasteiger partial charge on any atom is 0.0546 e. The van der Waals surface area contributed by atoms with Crippen LogP contribution in [0.1, 0.15) is 45.4 Å². The van der Waals surface area contributed by atoms with Gasteiger partial charge in [0.1, 0.15) is 0 Å². The van der Waals surface area contributed by atoms with Gasteiger partial charge in [-0.15, -0.1) is 0 Å². The van der Waals surface area contributed by atoms with Crippen LogP contribution >= 0.6 is 0 Å². The van der Waals surface area contributed by atoms with E-state index in [4.69, 9.17) is 10.5 Å². The predicted molar refractivity (Wildman–Crippen MR) is 71.0 cm³/mol. The highest BCUT2D eigenvalue weighted by atomic mass is 16.5. The van der Waals surface area contributed by atoms with Crippen molar-refractivity contribution in [2.45, 2.75) is 51.5 Å². The maximum absolute atomic E-state index is 6.04. The summed E-state index contributed by atoms with van der Waals surface area (Å²) >= 11 is 0. The van der Waals surface area contributed by atoms with Gasteiger partial charge < -0.3 is 10.5 Å². The Hall–Kier alpha value is -0.120. The molecule has 0 aromatic heterocycles. The van der Waals surface area contributed by atoms with Crippen molar-refractivity contribution < 1.29 is 4.74 Å². The molecule has 0 radical (unpaired) electrons. The SMILES string of the molecule is CCC1CCCCN1CC1(CN)CCCOC1. The van der Waals surface area contributed by atoms with Crippen LogP contribution in [0.4, 0.5) is 0 Å². The number of piperidine rings is 1. The Balaban J connectivity index is 1.96. The van der Waals surface area contributed by atoms with E-state index in [1.54, 1.807) is 0 Å². The Kier molecular flexibility index (Phi) is 4.83. The lowest BCUT2D eigenvalue weighted by Gasteiger charge is -2.44. The lowest BCUT2D eigenvalue weighted by molar-refractivity contribution is -0.0338. The van der Waals surface area contributed by atoms with Gasteiger partial charge in [-0.1, -0.05) is 13.3 Å². The molecule has 0 amide bonds. The molecule has 2 aliphatic heterocycles. The summed E-state index contributed by atoms with van der Waals surface area (Å²) in [5.74, 6) is 0. The fraction of sp³-hybridized carbons (Fsp3) is 1.00. The van der Waals surface area contributed by atoms with Gasteiger partial charge in [0.2, 0.25) is 0 Å². The second-order valence-electron chi connectivity index (χ2n) is 5.89. The van der Waals surface area contributed by atoms with Crippen LogP contribution in [0.5, 0.6) is 0 Å². The van der Waals surface area contributed by atoms with E-state index in [0.29, 0.717) is 0 Å². The van der Waals surface area contributed by atoms with E-state index < -0.39 is 0 Å². The quantitative estimate of drug-likeness (QED) is 0.817. The first-order chi connectivity index (χ1) is 8.29. The van der Waals surface area contributed by atoms with E-state index in [2.05, 4.69) is 11.8 Å². The van der Waals surface area contributed by atoms with E-state index in [1.807, 2.05) is 0 Å². The zero-order chi connectivity index (χ0) is 12.1. The molecule has 2 fully saturated rings. The van der Waals surface area contributed by atoms with Gasteiger partial charge in [-0.05, 0) is 38.6 Å². The molecule has 0 aromatic rings. The minimum absolute atomic E-state index is 0.239. The fourth-order valence-corrected chi connectivity index (χ4v) is 3.42. The van der Waals surface area contributed by atoms with Crippen molar-refractivity contribution in [1.82, 2.24) is 4.90 Å². The summed E-state index contributed by atoms with van der Waals surface area (Å²) < 4.78 is 5.68. The summed E-state index contributed by atoms with van der Waals surface area (Å²) in [6.07, 6.45) is 7.84. The highest BCUT2D eigenvalue weighted by Gasteiger charge is 2.35. The van der Waals surface area contributed by atoms with E-state index in [9.17, 15) is 0 Å². The van der Waals surface area contributed by atoms with Gasteiger partial charge in [0.25, 0.3) is 0 Å². The molecule has 3 nitrogen and oxygen atoms in total. The van der Waals surface area contributed by atoms with Crippen molar-refractivity contribution in [1.29, 1.82) is 0 Å². The predicted octanol–water partition coefficient (Wildman–Crippen LogP) is 2.01. The topological polar surface area (TPSA) is 38.5 Å². The highest BCUT2D eigenvalue weighted by molar-refractivity contribution is 4.89. The number of nitrogens with two attached hydrogens (primary N) is 1. The molecule has 0 aliphatic carbocycles. The first-order valence-corrected chi connectivity index (χ1v) is 7.31. The molecule has 17 heavy (non-hydrogen) atoms. The molecule has 2 heterocycles. The molecule has 0 bridgehead atoms. The van der Waals surface area contributed by atoms with E-state index in [0.717, 1.165) is 32.3 Å². The maximum atomic E-state index is 6.04. The number of rotatable bonds is 4. The number of ether oxygens (including phenoxy) is 1. The molecule has 2 unspecified atom stereocenters. The molecule has 2 aliphatic rings. The standard InChI is InChI=1S/C14H28N2O/c1-2-13-6-3-4-8-16(13)11-14(10-15)7-5-9-17-12-14/h13H,2-12,15H2,1H3. The normalized spacial score (nSPS) is 36.0. The first-order valence-electron chi connectivity index (χ1n) is 7.31. The van der Waals surface area contributed by atoms with Crippen LogP contribution in [0.2, 0.25) is 0 Å². The summed E-state index contributed by atoms with van der Waals surface area (Å²) in [5.41, 5.74) is 6.27. The van der Waals surface area contributed by atoms with E-state index in [1.165, 1.54) is 45.1 Å². The molecule has 2 rings (SSSR count). The Morgan fingerprint density at radius 1 is 1.35 bits per heavy atom. The Bertz CT molecular complexity index is 226. The summed E-state index contributed by atoms with van der Waals surface area (Å²) in [5, 5.41) is 0. The number of likely N-dealkylation sites (tertiary alicyclic amines) is 1. The number of hydrogen-bond acceptors (Lipinski definition) is 3. The lowest BCUT2D eigenvalue weighted by atomic mass is 9.81. The van der Waals surface area contributed by atoms with E-state index >= 15 is 0 Å². The number of nitrogens with zero attached hydrogens (tertiary/aromatic N) is 1. The van der Waals surface area contributed by atoms with Crippen LogP contribution in [-0.4, -0.2) is 43.8 Å². The Morgan fingerprint density at radius 2 is 2.24 bits per heavy atom. The molecule has 0 spiro atoms. The Labute approximate surface area is 106 Å². The second kappa shape index (κ2) is 6.17. The minimum Gasteiger partial charge on any atom is -0.381 e. The Morgan fingerprint density at radius 3 is 2.88 bits per heavy atom. The van der Waals surface area contributed by atoms with Crippen molar-refractivity contribution >= 4 is 0 Å². The van der Waals surface area contributed by atoms with Gasteiger partial charge in [-0.25, -0.2) is 0 Å². The van der Waals surface area contributed by atoms with Crippen molar-refractivity contribution in [2.75, 3.05) is 32.8 Å². The van der Waals surface area contributed by atoms with Crippen molar-refractivity contribution in [3.63, 3.8) is 0 Å². The molecular formula is C14H28N2O. The van der Waals surface area contributed by atoms with Crippen LogP contribution in [0.15, 0.2) is 0 Å². The van der Waals surface area contributed by atoms with Crippen LogP contribution in [0.25, 0.3) is 0 Å². The zero-order valence-electron chi connectivity index (χ0n) is 11.3. The molecular weight excluding hydrogens is 212 g/mol. The third-order valence-corrected chi connectivity index (χ3v) is 4.60. The molecule has 2 N–H and O–H groups in total. The van der Waals surface area contributed by atoms with Crippen molar-refractivity contribution in [3.8, 4) is 0 Å². The highest BCUT2D eigenvalue weighted by Crippen LogP contribution is 2.31. The average Bonchev–Trinajstić information content (AvgIpc) is 2.40. The molecule has 0 aromatic carbocycles. The van der Waals surface area contributed by atoms with Crippen molar-refractivity contribution in [2.24, 2.45) is 11.1 Å². The smallest absolute Gasteiger partial charge is 0.0546 e. The van der Waals surface area contributed by atoms with Gasteiger partial charge in [-0.3, -0.25) is 4.90 Å². The third kappa shape index (κ3) is 3.21. The second-order valence-corrected chi connectivity index (χ2v) is 5.89. The summed E-state index contributed by atoms with van der Waals surface area (Å²) in [6, 6.07) is 0.786. The van der Waals surface area contributed by atoms with Gasteiger partial charge >= 0.3 is 0 Å². The molecule has 3 heteroatoms. The van der Waals surface area contributed by atoms with Crippen LogP contribution in [0.3, 0.4) is 0 Å². The molecule has 100 valence electrons. The summed E-state index contributed by atoms with van der Waals surface area (Å²) in [4.78, 5) is 2.69. The molecule has 0 saturated carbocycles. The number of hydrogen-bond donors (Lipinski definition) is 1. The molecule has 2 atom stereocenters. The van der Waals surface area contributed by atoms with Gasteiger partial charge in [-0.2, -0.15) is 0 Å². The average molecular weight is 240 g/mol. The van der Waals surface area contributed by atoms with E-state index in [-0.39, 0.29) is 5.41 Å². The summed E-state index contributed by atoms with van der Waals surface area (Å²) in [7, 11) is 0. The lowest BCUT2D eigenvalue weighted by Crippen LogP contribution is -2.51. The summed E-state index contributed by atoms with van der Waals surface area (Å²) in [6.45, 7) is 7.31. The van der Waals surface area contributed by atoms with Crippen LogP contribution in [-0.2, 0) is 4.74 Å². The zero-order valence-corrected chi connectivity index (χ0v) is 11.3. The van der Waals surface area contributed by atoms with Crippen LogP contribution < -0.4 is 5.73 Å². The minimum atomic E-state index is 0.239. The van der Waals surface area contributed by atoms with Crippen LogP contribution in [0, 0.1) is 5.41 Å². The third-order valence-electron chi connectivity index (χ3n) is 4.60. The van der Waals surface area contributed by atoms with Gasteiger partial charge in [0.05, 0.1) is 6.61 Å². The van der Waals surface area contributed by atoms with Gasteiger partial charge in [0, 0.05) is 31.2 Å². The first kappa shape index (κ1) is 13.3.